The van der Waals surface area contributed by atoms with Crippen molar-refractivity contribution >= 4 is 33.8 Å². The van der Waals surface area contributed by atoms with E-state index in [-0.39, 0.29) is 53.6 Å². The Hall–Kier alpha value is -6.00. The predicted molar refractivity (Wildman–Crippen MR) is 224 cm³/mol. The van der Waals surface area contributed by atoms with Gasteiger partial charge in [0.25, 0.3) is 0 Å². The van der Waals surface area contributed by atoms with Gasteiger partial charge in [0, 0.05) is 66.0 Å². The smallest absolute Gasteiger partial charge is 0.380 e. The van der Waals surface area contributed by atoms with E-state index in [0.29, 0.717) is 34.1 Å². The molecular weight excluding hydrogens is 847 g/mol. The van der Waals surface area contributed by atoms with Gasteiger partial charge in [0.05, 0.1) is 56.9 Å². The van der Waals surface area contributed by atoms with Crippen LogP contribution in [-0.2, 0) is 0 Å². The number of alkyl halides is 6. The lowest BCUT2D eigenvalue weighted by atomic mass is 9.91. The monoisotopic (exact) mass is 884 g/mol. The molecule has 6 aromatic rings. The Bertz CT molecular complexity index is 2390. The van der Waals surface area contributed by atoms with Gasteiger partial charge in [-0.25, -0.2) is 0 Å². The van der Waals surface area contributed by atoms with E-state index in [9.17, 15) is 0 Å². The average Bonchev–Trinajstić information content (AvgIpc) is 3.94. The highest BCUT2D eigenvalue weighted by Crippen LogP contribution is 2.67. The lowest BCUT2D eigenvalue weighted by Crippen LogP contribution is -2.48. The molecule has 0 fully saturated rings. The molecule has 61 heavy (non-hydrogen) atoms. The van der Waals surface area contributed by atoms with Crippen molar-refractivity contribution in [3.8, 4) is 87.8 Å². The van der Waals surface area contributed by atoms with Crippen LogP contribution in [0.1, 0.15) is 11.1 Å². The Labute approximate surface area is 355 Å². The minimum atomic E-state index is -5.90. The molecular formula is C45H38F6O8S2. The fourth-order valence-electron chi connectivity index (χ4n) is 7.08. The van der Waals surface area contributed by atoms with E-state index in [1.54, 1.807) is 36.4 Å². The molecule has 0 radical (unpaired) electrons. The van der Waals surface area contributed by atoms with Crippen molar-refractivity contribution in [2.75, 3.05) is 56.9 Å². The Morgan fingerprint density at radius 2 is 0.557 bits per heavy atom. The van der Waals surface area contributed by atoms with Gasteiger partial charge < -0.3 is 37.9 Å². The molecule has 0 saturated heterocycles. The molecule has 0 aliphatic heterocycles. The fourth-order valence-corrected chi connectivity index (χ4v) is 9.35. The molecule has 0 bridgehead atoms. The van der Waals surface area contributed by atoms with Crippen LogP contribution in [0, 0.1) is 0 Å². The maximum absolute atomic E-state index is 17.0. The molecule has 1 aliphatic carbocycles. The third-order valence-corrected chi connectivity index (χ3v) is 12.6. The van der Waals surface area contributed by atoms with Crippen LogP contribution in [0.3, 0.4) is 0 Å². The van der Waals surface area contributed by atoms with Crippen LogP contribution >= 0.6 is 22.7 Å². The van der Waals surface area contributed by atoms with E-state index in [4.69, 9.17) is 37.9 Å². The van der Waals surface area contributed by atoms with Crippen molar-refractivity contribution in [2.45, 2.75) is 17.8 Å². The minimum Gasteiger partial charge on any atom is -0.497 e. The summed E-state index contributed by atoms with van der Waals surface area (Å²) in [6.07, 6.45) is 0. The molecule has 4 aromatic carbocycles. The van der Waals surface area contributed by atoms with Gasteiger partial charge in [-0.3, -0.25) is 0 Å². The highest BCUT2D eigenvalue weighted by molar-refractivity contribution is 7.19. The second-order valence-electron chi connectivity index (χ2n) is 13.6. The molecule has 8 nitrogen and oxygen atoms in total. The molecule has 0 saturated carbocycles. The van der Waals surface area contributed by atoms with E-state index in [0.717, 1.165) is 22.7 Å². The highest BCUT2D eigenvalue weighted by Gasteiger charge is 2.80. The van der Waals surface area contributed by atoms with Gasteiger partial charge in [0.15, 0.2) is 0 Å². The zero-order valence-corrected chi connectivity index (χ0v) is 35.6. The first kappa shape index (κ1) is 43.1. The molecule has 0 N–H and O–H groups in total. The van der Waals surface area contributed by atoms with Crippen LogP contribution in [0.4, 0.5) is 26.3 Å². The topological polar surface area (TPSA) is 73.8 Å². The molecule has 0 spiro atoms. The Morgan fingerprint density at radius 1 is 0.328 bits per heavy atom. The lowest BCUT2D eigenvalue weighted by Gasteiger charge is -2.26. The molecule has 0 amide bonds. The van der Waals surface area contributed by atoms with Crippen LogP contribution in [0.15, 0.2) is 84.9 Å². The second kappa shape index (κ2) is 16.5. The Balaban J connectivity index is 1.64. The number of rotatable bonds is 14. The van der Waals surface area contributed by atoms with Crippen LogP contribution < -0.4 is 37.9 Å². The molecule has 1 aliphatic rings. The van der Waals surface area contributed by atoms with E-state index in [2.05, 4.69) is 0 Å². The molecule has 16 heteroatoms. The molecule has 7 rings (SSSR count). The molecule has 0 atom stereocenters. The van der Waals surface area contributed by atoms with Crippen molar-refractivity contribution in [3.05, 3.63) is 96.1 Å². The predicted octanol–water partition coefficient (Wildman–Crippen LogP) is 12.4. The molecule has 2 heterocycles. The van der Waals surface area contributed by atoms with Crippen molar-refractivity contribution in [1.29, 1.82) is 0 Å². The summed E-state index contributed by atoms with van der Waals surface area (Å²) in [7, 11) is 11.1. The van der Waals surface area contributed by atoms with Crippen molar-refractivity contribution < 1.29 is 64.2 Å². The van der Waals surface area contributed by atoms with Gasteiger partial charge in [-0.1, -0.05) is 0 Å². The van der Waals surface area contributed by atoms with Gasteiger partial charge in [0.2, 0.25) is 0 Å². The molecule has 2 aromatic heterocycles. The first-order chi connectivity index (χ1) is 29.1. The number of hydrogen-bond acceptors (Lipinski definition) is 10. The van der Waals surface area contributed by atoms with E-state index < -0.39 is 40.0 Å². The van der Waals surface area contributed by atoms with Crippen LogP contribution in [0.25, 0.3) is 52.9 Å². The fraction of sp³-hybridized carbons (Fsp3) is 0.244. The SMILES string of the molecule is COc1cc(OC)cc(-c2cc(C3=C(c4cc(-c5cc(OC)cc(OC)c5)sc4-c4cc(OC)cc(OC)c4)C(F)(F)C(F)(F)C3(F)F)c(-c3cc(OC)cc(OC)c3)s2)c1. The second-order valence-corrected chi connectivity index (χ2v) is 15.7. The summed E-state index contributed by atoms with van der Waals surface area (Å²) in [4.78, 5) is 0.398. The number of halogens is 6. The summed E-state index contributed by atoms with van der Waals surface area (Å²) < 4.78 is 144. The van der Waals surface area contributed by atoms with Crippen molar-refractivity contribution in [1.82, 2.24) is 0 Å². The normalized spacial score (nSPS) is 15.0. The first-order valence-electron chi connectivity index (χ1n) is 18.2. The largest absolute Gasteiger partial charge is 0.497 e. The summed E-state index contributed by atoms with van der Waals surface area (Å²) in [6, 6.07) is 20.9. The zero-order valence-electron chi connectivity index (χ0n) is 33.9. The van der Waals surface area contributed by atoms with Gasteiger partial charge in [0.1, 0.15) is 46.0 Å². The summed E-state index contributed by atoms with van der Waals surface area (Å²) in [5.41, 5.74) is -3.19. The third kappa shape index (κ3) is 7.45. The van der Waals surface area contributed by atoms with E-state index in [1.165, 1.54) is 105 Å². The van der Waals surface area contributed by atoms with Gasteiger partial charge in [-0.2, -0.15) is 26.3 Å². The highest BCUT2D eigenvalue weighted by atomic mass is 32.1. The number of benzene rings is 4. The Morgan fingerprint density at radius 3 is 0.787 bits per heavy atom. The van der Waals surface area contributed by atoms with Gasteiger partial charge in [-0.05, 0) is 82.9 Å². The number of thiophene rings is 2. The van der Waals surface area contributed by atoms with E-state index >= 15 is 26.3 Å². The number of ether oxygens (including phenoxy) is 8. The summed E-state index contributed by atoms with van der Waals surface area (Å²) >= 11 is 1.82. The van der Waals surface area contributed by atoms with Crippen molar-refractivity contribution in [2.24, 2.45) is 0 Å². The quantitative estimate of drug-likeness (QED) is 0.100. The average molecular weight is 885 g/mol. The van der Waals surface area contributed by atoms with Gasteiger partial charge >= 0.3 is 17.8 Å². The maximum atomic E-state index is 17.0. The summed E-state index contributed by atoms with van der Waals surface area (Å²) in [5, 5.41) is 0. The maximum Gasteiger partial charge on any atom is 0.380 e. The Kier molecular flexibility index (Phi) is 11.6. The van der Waals surface area contributed by atoms with Crippen LogP contribution in [0.5, 0.6) is 46.0 Å². The zero-order chi connectivity index (χ0) is 44.0. The van der Waals surface area contributed by atoms with Gasteiger partial charge in [-0.15, -0.1) is 22.7 Å². The summed E-state index contributed by atoms with van der Waals surface area (Å²) in [5.74, 6) is -14.5. The third-order valence-electron chi connectivity index (χ3n) is 10.2. The van der Waals surface area contributed by atoms with Crippen molar-refractivity contribution in [3.63, 3.8) is 0 Å². The lowest BCUT2D eigenvalue weighted by molar-refractivity contribution is -0.254. The number of allylic oxidation sites excluding steroid dienone is 2. The molecule has 0 unspecified atom stereocenters. The summed E-state index contributed by atoms with van der Waals surface area (Å²) in [6.45, 7) is 0. The number of hydrogen-bond donors (Lipinski definition) is 0. The number of methoxy groups -OCH3 is 8. The van der Waals surface area contributed by atoms with Crippen LogP contribution in [0.2, 0.25) is 0 Å². The van der Waals surface area contributed by atoms with E-state index in [1.807, 2.05) is 0 Å². The van der Waals surface area contributed by atoms with Crippen LogP contribution in [-0.4, -0.2) is 74.6 Å². The standard InChI is InChI=1S/C45H38F6O8S2/c1-52-27-9-23(10-28(17-27)53-2)37-21-35(41(60-37)25-13-31(56-5)19-32(14-25)57-6)39-40(44(48,49)45(50,51)43(39,46)47)36-22-38(24-11-29(54-3)18-30(12-24)55-4)61-42(36)26-15-33(58-7)20-34(16-26)59-8/h9-22H,1-8H3. The molecule has 320 valence electrons. The minimum absolute atomic E-state index is 0.0488. The first-order valence-corrected chi connectivity index (χ1v) is 19.8.